The molecular formula is C21H19Cl2F6N3O3. The number of H-pyrrole nitrogens is 1. The van der Waals surface area contributed by atoms with Gasteiger partial charge < -0.3 is 19.5 Å². The van der Waals surface area contributed by atoms with E-state index in [0.717, 1.165) is 4.90 Å². The first-order valence-corrected chi connectivity index (χ1v) is 11.4. The van der Waals surface area contributed by atoms with Crippen LogP contribution in [-0.4, -0.2) is 70.4 Å². The fourth-order valence-electron chi connectivity index (χ4n) is 4.76. The van der Waals surface area contributed by atoms with Crippen LogP contribution in [-0.2, 0) is 4.74 Å². The number of carbonyl (C=O) groups excluding carboxylic acids is 2. The lowest BCUT2D eigenvalue weighted by Gasteiger charge is -2.44. The number of alkyl halides is 6. The van der Waals surface area contributed by atoms with Crippen LogP contribution < -0.4 is 0 Å². The summed E-state index contributed by atoms with van der Waals surface area (Å²) < 4.78 is 80.2. The molecule has 0 atom stereocenters. The van der Waals surface area contributed by atoms with Crippen LogP contribution in [0.4, 0.5) is 31.1 Å². The summed E-state index contributed by atoms with van der Waals surface area (Å²) in [4.78, 5) is 30.9. The van der Waals surface area contributed by atoms with E-state index >= 15 is 0 Å². The summed E-state index contributed by atoms with van der Waals surface area (Å²) in [6, 6.07) is 4.84. The molecule has 1 aromatic heterocycles. The minimum atomic E-state index is -5.78. The maximum absolute atomic E-state index is 13.3. The fourth-order valence-corrected chi connectivity index (χ4v) is 5.10. The molecule has 1 aromatic carbocycles. The summed E-state index contributed by atoms with van der Waals surface area (Å²) in [5.41, 5.74) is 0.227. The second kappa shape index (κ2) is 8.95. The Bertz CT molecular complexity index is 1090. The monoisotopic (exact) mass is 545 g/mol. The van der Waals surface area contributed by atoms with Crippen molar-refractivity contribution in [1.29, 1.82) is 0 Å². The van der Waals surface area contributed by atoms with Crippen molar-refractivity contribution in [1.82, 2.24) is 14.8 Å². The Labute approximate surface area is 205 Å². The van der Waals surface area contributed by atoms with Crippen molar-refractivity contribution in [3.63, 3.8) is 0 Å². The van der Waals surface area contributed by atoms with Crippen LogP contribution in [0.25, 0.3) is 10.9 Å². The molecule has 0 unspecified atom stereocenters. The standard InChI is InChI=1S/C21H19Cl2F6N3O3/c22-12-8-11-9-15(30-14(11)10-13(12)23)16(33)32-5-1-2-19(32)3-6-31(7-4-19)18(34)35-17(20(24,25)26)21(27,28)29/h8-10,17,30H,1-7H2. The van der Waals surface area contributed by atoms with Crippen LogP contribution in [0.2, 0.25) is 10.0 Å². The summed E-state index contributed by atoms with van der Waals surface area (Å²) in [5, 5.41) is 1.32. The zero-order valence-corrected chi connectivity index (χ0v) is 19.4. The van der Waals surface area contributed by atoms with Crippen LogP contribution >= 0.6 is 23.2 Å². The maximum Gasteiger partial charge on any atom is 0.434 e. The molecule has 0 aliphatic carbocycles. The summed E-state index contributed by atoms with van der Waals surface area (Å²) >= 11 is 12.1. The van der Waals surface area contributed by atoms with Crippen molar-refractivity contribution in [2.45, 2.75) is 49.7 Å². The van der Waals surface area contributed by atoms with Crippen LogP contribution in [0.5, 0.6) is 0 Å². The van der Waals surface area contributed by atoms with E-state index in [2.05, 4.69) is 9.72 Å². The van der Waals surface area contributed by atoms with Gasteiger partial charge in [0.1, 0.15) is 5.69 Å². The Kier molecular flexibility index (Phi) is 6.58. The lowest BCUT2D eigenvalue weighted by Crippen LogP contribution is -2.56. The van der Waals surface area contributed by atoms with E-state index in [1.807, 2.05) is 0 Å². The number of ether oxygens (including phenoxy) is 1. The normalized spacial score (nSPS) is 18.7. The van der Waals surface area contributed by atoms with Gasteiger partial charge in [-0.05, 0) is 43.9 Å². The molecule has 4 rings (SSSR count). The summed E-state index contributed by atoms with van der Waals surface area (Å²) in [6.07, 6.45) is -15.8. The van der Waals surface area contributed by atoms with E-state index in [0.29, 0.717) is 46.0 Å². The lowest BCUT2D eigenvalue weighted by molar-refractivity contribution is -0.308. The Morgan fingerprint density at radius 3 is 2.14 bits per heavy atom. The first-order chi connectivity index (χ1) is 16.2. The number of hydrogen-bond donors (Lipinski definition) is 1. The van der Waals surface area contributed by atoms with E-state index < -0.39 is 30.1 Å². The molecule has 14 heteroatoms. The van der Waals surface area contributed by atoms with Crippen molar-refractivity contribution < 1.29 is 40.7 Å². The molecule has 2 saturated heterocycles. The molecule has 2 aliphatic heterocycles. The van der Waals surface area contributed by atoms with Crippen molar-refractivity contribution in [3.05, 3.63) is 33.9 Å². The van der Waals surface area contributed by atoms with Crippen molar-refractivity contribution in [3.8, 4) is 0 Å². The third-order valence-electron chi connectivity index (χ3n) is 6.50. The van der Waals surface area contributed by atoms with Crippen LogP contribution in [0.1, 0.15) is 36.2 Å². The lowest BCUT2D eigenvalue weighted by atomic mass is 9.85. The highest BCUT2D eigenvalue weighted by Crippen LogP contribution is 2.41. The average molecular weight is 546 g/mol. The van der Waals surface area contributed by atoms with Gasteiger partial charge in [0.25, 0.3) is 12.0 Å². The van der Waals surface area contributed by atoms with Gasteiger partial charge in [0.15, 0.2) is 0 Å². The number of amides is 2. The average Bonchev–Trinajstić information content (AvgIpc) is 3.34. The van der Waals surface area contributed by atoms with E-state index in [1.165, 1.54) is 0 Å². The fraction of sp³-hybridized carbons (Fsp3) is 0.524. The molecule has 0 bridgehead atoms. The van der Waals surface area contributed by atoms with E-state index in [9.17, 15) is 35.9 Å². The Balaban J connectivity index is 1.46. The zero-order valence-electron chi connectivity index (χ0n) is 17.9. The van der Waals surface area contributed by atoms with Crippen LogP contribution in [0.3, 0.4) is 0 Å². The molecule has 1 N–H and O–H groups in total. The number of hydrogen-bond acceptors (Lipinski definition) is 3. The first-order valence-electron chi connectivity index (χ1n) is 10.6. The highest BCUT2D eigenvalue weighted by molar-refractivity contribution is 6.42. The first kappa shape index (κ1) is 25.7. The molecule has 2 aliphatic rings. The van der Waals surface area contributed by atoms with E-state index in [4.69, 9.17) is 23.2 Å². The highest BCUT2D eigenvalue weighted by Gasteiger charge is 2.60. The predicted octanol–water partition coefficient (Wildman–Crippen LogP) is 6.18. The molecule has 1 spiro atoms. The summed E-state index contributed by atoms with van der Waals surface area (Å²) in [6.45, 7) is 0.121. The van der Waals surface area contributed by atoms with Crippen molar-refractivity contribution >= 4 is 46.1 Å². The molecule has 3 heterocycles. The number of benzene rings is 1. The number of aromatic amines is 1. The Morgan fingerprint density at radius 2 is 1.54 bits per heavy atom. The zero-order chi connectivity index (χ0) is 25.8. The van der Waals surface area contributed by atoms with Gasteiger partial charge in [-0.15, -0.1) is 0 Å². The Morgan fingerprint density at radius 1 is 0.943 bits per heavy atom. The van der Waals surface area contributed by atoms with E-state index in [-0.39, 0.29) is 31.8 Å². The van der Waals surface area contributed by atoms with Crippen molar-refractivity contribution in [2.75, 3.05) is 19.6 Å². The van der Waals surface area contributed by atoms with Gasteiger partial charge in [-0.1, -0.05) is 23.2 Å². The number of rotatable bonds is 2. The van der Waals surface area contributed by atoms with Gasteiger partial charge in [0.05, 0.1) is 10.0 Å². The molecule has 2 aromatic rings. The molecule has 35 heavy (non-hydrogen) atoms. The number of piperidine rings is 1. The van der Waals surface area contributed by atoms with Gasteiger partial charge in [0, 0.05) is 36.1 Å². The third-order valence-corrected chi connectivity index (χ3v) is 7.22. The number of carbonyl (C=O) groups is 2. The van der Waals surface area contributed by atoms with Gasteiger partial charge in [-0.25, -0.2) is 4.79 Å². The number of aromatic nitrogens is 1. The summed E-state index contributed by atoms with van der Waals surface area (Å²) in [7, 11) is 0. The quantitative estimate of drug-likeness (QED) is 0.458. The topological polar surface area (TPSA) is 65.6 Å². The second-order valence-electron chi connectivity index (χ2n) is 8.66. The van der Waals surface area contributed by atoms with E-state index in [1.54, 1.807) is 23.1 Å². The van der Waals surface area contributed by atoms with Gasteiger partial charge >= 0.3 is 18.4 Å². The number of likely N-dealkylation sites (tertiary alicyclic amines) is 2. The molecule has 2 fully saturated rings. The molecule has 192 valence electrons. The molecule has 0 radical (unpaired) electrons. The highest BCUT2D eigenvalue weighted by atomic mass is 35.5. The minimum Gasteiger partial charge on any atom is -0.426 e. The number of halogens is 8. The number of nitrogens with one attached hydrogen (secondary N) is 1. The molecule has 0 saturated carbocycles. The molecule has 2 amide bonds. The molecule has 6 nitrogen and oxygen atoms in total. The number of fused-ring (bicyclic) bond motifs is 1. The SMILES string of the molecule is O=C(OC(C(F)(F)F)C(F)(F)F)N1CCC2(CCCN2C(=O)c2cc3cc(Cl)c(Cl)cc3[nH]2)CC1. The van der Waals surface area contributed by atoms with Crippen LogP contribution in [0.15, 0.2) is 18.2 Å². The second-order valence-corrected chi connectivity index (χ2v) is 9.47. The third kappa shape index (κ3) is 5.00. The maximum atomic E-state index is 13.3. The summed E-state index contributed by atoms with van der Waals surface area (Å²) in [5.74, 6) is -0.309. The van der Waals surface area contributed by atoms with Gasteiger partial charge in [0.2, 0.25) is 0 Å². The van der Waals surface area contributed by atoms with Gasteiger partial charge in [-0.3, -0.25) is 4.79 Å². The predicted molar refractivity (Wildman–Crippen MR) is 115 cm³/mol. The van der Waals surface area contributed by atoms with Gasteiger partial charge in [-0.2, -0.15) is 26.3 Å². The molecular weight excluding hydrogens is 527 g/mol. The van der Waals surface area contributed by atoms with Crippen LogP contribution in [0, 0.1) is 0 Å². The smallest absolute Gasteiger partial charge is 0.426 e. The largest absolute Gasteiger partial charge is 0.434 e. The number of nitrogens with zero attached hydrogens (tertiary/aromatic N) is 2. The Hall–Kier alpha value is -2.34. The minimum absolute atomic E-state index is 0.150. The van der Waals surface area contributed by atoms with Crippen molar-refractivity contribution in [2.24, 2.45) is 0 Å².